The van der Waals surface area contributed by atoms with Gasteiger partial charge in [0, 0.05) is 5.56 Å². The van der Waals surface area contributed by atoms with E-state index < -0.39 is 23.5 Å². The van der Waals surface area contributed by atoms with Crippen molar-refractivity contribution >= 4 is 40.7 Å². The van der Waals surface area contributed by atoms with Crippen molar-refractivity contribution in [1.82, 2.24) is 4.90 Å². The van der Waals surface area contributed by atoms with Crippen LogP contribution in [0.5, 0.6) is 11.5 Å². The van der Waals surface area contributed by atoms with Crippen LogP contribution in [0.15, 0.2) is 64.8 Å². The number of carbonyl (C=O) groups excluding carboxylic acids is 2. The molecule has 1 saturated heterocycles. The summed E-state index contributed by atoms with van der Waals surface area (Å²) >= 11 is 12.5. The molecule has 9 heteroatoms. The number of methoxy groups -OCH3 is 1. The maximum atomic E-state index is 13.2. The SMILES string of the molecule is CCOc1ccc(C2/C(=C(\O)c3cc(Cl)c(OC)c(Cl)c3)C(=O)C(=O)N2Cc2ccco2)cc1. The van der Waals surface area contributed by atoms with Crippen molar-refractivity contribution in [1.29, 1.82) is 0 Å². The standard InChI is InChI=1S/C25H21Cl2NO6/c1-3-33-16-8-6-14(7-9-16)21-20(22(29)15-11-18(26)24(32-2)19(27)12-15)23(30)25(31)28(21)13-17-5-4-10-34-17/h4-12,21,29H,3,13H2,1-2H3/b22-20+. The molecule has 34 heavy (non-hydrogen) atoms. The van der Waals surface area contributed by atoms with Gasteiger partial charge < -0.3 is 23.9 Å². The number of nitrogens with zero attached hydrogens (tertiary/aromatic N) is 1. The van der Waals surface area contributed by atoms with E-state index in [0.717, 1.165) is 0 Å². The number of benzene rings is 2. The van der Waals surface area contributed by atoms with E-state index in [-0.39, 0.29) is 33.5 Å². The van der Waals surface area contributed by atoms with Crippen molar-refractivity contribution in [2.24, 2.45) is 0 Å². The van der Waals surface area contributed by atoms with Crippen molar-refractivity contribution in [3.63, 3.8) is 0 Å². The molecule has 1 fully saturated rings. The van der Waals surface area contributed by atoms with Gasteiger partial charge >= 0.3 is 0 Å². The van der Waals surface area contributed by atoms with Crippen LogP contribution in [0.2, 0.25) is 10.0 Å². The molecule has 1 amide bonds. The number of halogens is 2. The number of Topliss-reactive ketones (excluding diaryl/α,β-unsaturated/α-hetero) is 1. The monoisotopic (exact) mass is 501 g/mol. The highest BCUT2D eigenvalue weighted by molar-refractivity contribution is 6.46. The first-order valence-corrected chi connectivity index (χ1v) is 11.2. The lowest BCUT2D eigenvalue weighted by atomic mass is 9.95. The molecular formula is C25H21Cl2NO6. The van der Waals surface area contributed by atoms with Gasteiger partial charge in [0.05, 0.1) is 48.2 Å². The molecule has 1 aliphatic heterocycles. The highest BCUT2D eigenvalue weighted by Crippen LogP contribution is 2.42. The highest BCUT2D eigenvalue weighted by atomic mass is 35.5. The second-order valence-electron chi connectivity index (χ2n) is 7.48. The van der Waals surface area contributed by atoms with Crippen LogP contribution >= 0.6 is 23.2 Å². The van der Waals surface area contributed by atoms with Gasteiger partial charge in [-0.15, -0.1) is 0 Å². The molecule has 4 rings (SSSR count). The summed E-state index contributed by atoms with van der Waals surface area (Å²) in [7, 11) is 1.42. The van der Waals surface area contributed by atoms with Crippen LogP contribution in [0.1, 0.15) is 29.9 Å². The summed E-state index contributed by atoms with van der Waals surface area (Å²) in [4.78, 5) is 27.6. The third kappa shape index (κ3) is 4.36. The number of hydrogen-bond donors (Lipinski definition) is 1. The molecule has 1 aromatic heterocycles. The molecule has 2 aromatic carbocycles. The van der Waals surface area contributed by atoms with E-state index in [1.807, 2.05) is 6.92 Å². The molecule has 176 valence electrons. The summed E-state index contributed by atoms with van der Waals surface area (Å²) in [5.41, 5.74) is 0.710. The quantitative estimate of drug-likeness (QED) is 0.257. The van der Waals surface area contributed by atoms with Gasteiger partial charge in [-0.05, 0) is 48.9 Å². The minimum absolute atomic E-state index is 0.0381. The number of aliphatic hydroxyl groups is 1. The molecule has 0 spiro atoms. The molecule has 0 radical (unpaired) electrons. The van der Waals surface area contributed by atoms with Gasteiger partial charge in [0.25, 0.3) is 11.7 Å². The third-order valence-corrected chi connectivity index (χ3v) is 5.99. The Kier molecular flexibility index (Phi) is 6.86. The summed E-state index contributed by atoms with van der Waals surface area (Å²) in [5, 5.41) is 11.5. The van der Waals surface area contributed by atoms with Crippen LogP contribution in [-0.4, -0.2) is 35.4 Å². The predicted octanol–water partition coefficient (Wildman–Crippen LogP) is 5.62. The molecule has 1 N–H and O–H groups in total. The first-order chi connectivity index (χ1) is 16.3. The first-order valence-electron chi connectivity index (χ1n) is 10.4. The van der Waals surface area contributed by atoms with Crippen LogP contribution in [0, 0.1) is 0 Å². The fourth-order valence-electron chi connectivity index (χ4n) is 3.92. The number of hydrogen-bond acceptors (Lipinski definition) is 6. The summed E-state index contributed by atoms with van der Waals surface area (Å²) in [6.07, 6.45) is 1.49. The molecule has 1 atom stereocenters. The number of ketones is 1. The zero-order valence-electron chi connectivity index (χ0n) is 18.4. The molecule has 2 heterocycles. The lowest BCUT2D eigenvalue weighted by Crippen LogP contribution is -2.29. The Morgan fingerprint density at radius 3 is 2.35 bits per heavy atom. The Morgan fingerprint density at radius 1 is 1.12 bits per heavy atom. The Labute approximate surface area is 206 Å². The largest absolute Gasteiger partial charge is 0.507 e. The molecule has 7 nitrogen and oxygen atoms in total. The number of rotatable bonds is 7. The average Bonchev–Trinajstić information content (AvgIpc) is 3.42. The second-order valence-corrected chi connectivity index (χ2v) is 8.30. The number of amides is 1. The van der Waals surface area contributed by atoms with Gasteiger partial charge in [0.1, 0.15) is 17.3 Å². The average molecular weight is 502 g/mol. The number of carbonyl (C=O) groups is 2. The first kappa shape index (κ1) is 23.7. The van der Waals surface area contributed by atoms with Gasteiger partial charge in [0.15, 0.2) is 5.75 Å². The summed E-state index contributed by atoms with van der Waals surface area (Å²) in [6.45, 7) is 2.41. The highest BCUT2D eigenvalue weighted by Gasteiger charge is 2.46. The van der Waals surface area contributed by atoms with Crippen LogP contribution in [0.25, 0.3) is 5.76 Å². The fraction of sp³-hybridized carbons (Fsp3) is 0.200. The van der Waals surface area contributed by atoms with Crippen molar-refractivity contribution in [2.75, 3.05) is 13.7 Å². The lowest BCUT2D eigenvalue weighted by molar-refractivity contribution is -0.140. The zero-order valence-corrected chi connectivity index (χ0v) is 19.9. The maximum absolute atomic E-state index is 13.2. The summed E-state index contributed by atoms with van der Waals surface area (Å²) < 4.78 is 16.1. The van der Waals surface area contributed by atoms with E-state index >= 15 is 0 Å². The Bertz CT molecular complexity index is 1230. The van der Waals surface area contributed by atoms with Crippen LogP contribution < -0.4 is 9.47 Å². The Morgan fingerprint density at radius 2 is 1.79 bits per heavy atom. The molecule has 0 bridgehead atoms. The van der Waals surface area contributed by atoms with Gasteiger partial charge in [-0.3, -0.25) is 9.59 Å². The molecule has 0 aliphatic carbocycles. The molecule has 1 unspecified atom stereocenters. The minimum atomic E-state index is -0.875. The fourth-order valence-corrected chi connectivity index (χ4v) is 4.56. The molecule has 3 aromatic rings. The van der Waals surface area contributed by atoms with E-state index in [1.54, 1.807) is 36.4 Å². The van der Waals surface area contributed by atoms with Crippen molar-refractivity contribution in [2.45, 2.75) is 19.5 Å². The lowest BCUT2D eigenvalue weighted by Gasteiger charge is -2.24. The van der Waals surface area contributed by atoms with Gasteiger partial charge in [-0.1, -0.05) is 35.3 Å². The smallest absolute Gasteiger partial charge is 0.296 e. The van der Waals surface area contributed by atoms with Gasteiger partial charge in [-0.25, -0.2) is 0 Å². The van der Waals surface area contributed by atoms with E-state index in [9.17, 15) is 14.7 Å². The van der Waals surface area contributed by atoms with Crippen LogP contribution in [0.3, 0.4) is 0 Å². The molecule has 0 saturated carbocycles. The molecule has 1 aliphatic rings. The van der Waals surface area contributed by atoms with Crippen LogP contribution in [-0.2, 0) is 16.1 Å². The minimum Gasteiger partial charge on any atom is -0.507 e. The Balaban J connectivity index is 1.86. The van der Waals surface area contributed by atoms with E-state index in [0.29, 0.717) is 23.7 Å². The van der Waals surface area contributed by atoms with Crippen LogP contribution in [0.4, 0.5) is 0 Å². The van der Waals surface area contributed by atoms with E-state index in [2.05, 4.69) is 0 Å². The number of ether oxygens (including phenoxy) is 2. The zero-order chi connectivity index (χ0) is 24.4. The van der Waals surface area contributed by atoms with E-state index in [4.69, 9.17) is 37.1 Å². The third-order valence-electron chi connectivity index (χ3n) is 5.43. The number of furan rings is 1. The maximum Gasteiger partial charge on any atom is 0.296 e. The van der Waals surface area contributed by atoms with Crippen molar-refractivity contribution < 1.29 is 28.6 Å². The van der Waals surface area contributed by atoms with Gasteiger partial charge in [0.2, 0.25) is 0 Å². The van der Waals surface area contributed by atoms with Crippen molar-refractivity contribution in [3.05, 3.63) is 87.3 Å². The topological polar surface area (TPSA) is 89.2 Å². The van der Waals surface area contributed by atoms with Crippen molar-refractivity contribution in [3.8, 4) is 11.5 Å². The predicted molar refractivity (Wildman–Crippen MR) is 127 cm³/mol. The summed E-state index contributed by atoms with van der Waals surface area (Å²) in [5.74, 6) is -0.614. The molecular weight excluding hydrogens is 481 g/mol. The normalized spacial score (nSPS) is 17.3. The number of likely N-dealkylation sites (tertiary alicyclic amines) is 1. The summed E-state index contributed by atoms with van der Waals surface area (Å²) in [6, 6.07) is 12.4. The van der Waals surface area contributed by atoms with E-state index in [1.165, 1.54) is 30.4 Å². The number of aliphatic hydroxyl groups excluding tert-OH is 1. The second kappa shape index (κ2) is 9.83. The van der Waals surface area contributed by atoms with Gasteiger partial charge in [-0.2, -0.15) is 0 Å². The Hall–Kier alpha value is -3.42.